The molecule has 8 atom stereocenters. The highest BCUT2D eigenvalue weighted by Gasteiger charge is 2.47. The van der Waals surface area contributed by atoms with Crippen LogP contribution in [0.3, 0.4) is 0 Å². The largest absolute Gasteiger partial charge is 0.454 e. The first kappa shape index (κ1) is 71.9. The van der Waals surface area contributed by atoms with Crippen LogP contribution in [-0.2, 0) is 23.8 Å². The summed E-state index contributed by atoms with van der Waals surface area (Å²) >= 11 is 0. The van der Waals surface area contributed by atoms with E-state index in [1.807, 2.05) is 6.08 Å². The normalized spacial score (nSPS) is 19.6. The molecule has 0 spiro atoms. The Bertz CT molecular complexity index is 1570. The number of carbonyl (C=O) groups is 2. The summed E-state index contributed by atoms with van der Waals surface area (Å²) in [6.45, 7) is 5.62. The second-order valence-corrected chi connectivity index (χ2v) is 21.4. The molecular weight excluding hydrogens is 967 g/mol. The number of rotatable bonds is 52. The van der Waals surface area contributed by atoms with Gasteiger partial charge in [-0.25, -0.2) is 0 Å². The third kappa shape index (κ3) is 41.5. The van der Waals surface area contributed by atoms with Crippen molar-refractivity contribution < 1.29 is 49.3 Å². The summed E-state index contributed by atoms with van der Waals surface area (Å²) in [4.78, 5) is 26.5. The van der Waals surface area contributed by atoms with Gasteiger partial charge in [-0.3, -0.25) is 9.59 Å². The summed E-state index contributed by atoms with van der Waals surface area (Å²) in [5, 5.41) is 56.9. The van der Waals surface area contributed by atoms with Crippen molar-refractivity contribution in [3.63, 3.8) is 0 Å². The minimum absolute atomic E-state index is 0.110. The molecule has 1 fully saturated rings. The van der Waals surface area contributed by atoms with E-state index in [-0.39, 0.29) is 19.4 Å². The molecule has 0 aliphatic carbocycles. The van der Waals surface area contributed by atoms with E-state index in [9.17, 15) is 35.1 Å². The molecule has 0 saturated carbocycles. The third-order valence-electron chi connectivity index (χ3n) is 14.3. The molecule has 0 aromatic rings. The van der Waals surface area contributed by atoms with E-state index in [2.05, 4.69) is 99.0 Å². The van der Waals surface area contributed by atoms with Gasteiger partial charge in [-0.05, 0) is 89.9 Å². The van der Waals surface area contributed by atoms with Crippen molar-refractivity contribution in [2.45, 2.75) is 307 Å². The van der Waals surface area contributed by atoms with Crippen molar-refractivity contribution in [3.8, 4) is 0 Å². The van der Waals surface area contributed by atoms with Crippen molar-refractivity contribution >= 4 is 11.9 Å². The Morgan fingerprint density at radius 1 is 0.519 bits per heavy atom. The number of aliphatic hydroxyl groups excluding tert-OH is 5. The maximum absolute atomic E-state index is 13.4. The van der Waals surface area contributed by atoms with Crippen LogP contribution >= 0.6 is 0 Å². The standard InChI is InChI=1S/C66H115NO10/c1-4-7-10-13-16-19-22-24-25-26-27-28-29-30-31-32-33-34-36-39-41-44-47-50-53-59(70)65(74)67-57(58(69)52-49-46-43-40-38-35-23-20-17-14-11-8-5-2)56-75-66-64(63(73)62(72)60(55-68)76-66)77-61(71)54-51-48-45-42-37-21-18-15-12-9-6-3/h7,10,15-16,18-19,24-25,27-28,30-31,49,52,57-60,62-64,66,68-70,72-73H,4-6,8-9,11-14,17,20-23,26,29,32-48,50-51,53-56H2,1-3H3,(H,67,74)/b10-7-,18-15-,19-16-,25-24-,28-27-,31-30-,52-49+. The van der Waals surface area contributed by atoms with E-state index in [0.717, 1.165) is 116 Å². The van der Waals surface area contributed by atoms with Gasteiger partial charge in [0, 0.05) is 6.42 Å². The van der Waals surface area contributed by atoms with Gasteiger partial charge in [-0.15, -0.1) is 0 Å². The minimum Gasteiger partial charge on any atom is -0.454 e. The number of carbonyl (C=O) groups excluding carboxylic acids is 2. The van der Waals surface area contributed by atoms with Crippen LogP contribution in [0.25, 0.3) is 0 Å². The van der Waals surface area contributed by atoms with Crippen LogP contribution in [0.2, 0.25) is 0 Å². The maximum Gasteiger partial charge on any atom is 0.306 e. The minimum atomic E-state index is -1.62. The number of esters is 1. The van der Waals surface area contributed by atoms with E-state index in [1.54, 1.807) is 6.08 Å². The summed E-state index contributed by atoms with van der Waals surface area (Å²) in [5.41, 5.74) is 0. The average molecular weight is 1080 g/mol. The summed E-state index contributed by atoms with van der Waals surface area (Å²) in [7, 11) is 0. The highest BCUT2D eigenvalue weighted by Crippen LogP contribution is 2.26. The van der Waals surface area contributed by atoms with Crippen LogP contribution in [0.1, 0.15) is 258 Å². The zero-order valence-corrected chi connectivity index (χ0v) is 49.1. The molecule has 0 aromatic heterocycles. The lowest BCUT2D eigenvalue weighted by Crippen LogP contribution is -2.61. The highest BCUT2D eigenvalue weighted by atomic mass is 16.7. The second-order valence-electron chi connectivity index (χ2n) is 21.4. The zero-order chi connectivity index (χ0) is 56.1. The van der Waals surface area contributed by atoms with Crippen LogP contribution in [-0.4, -0.2) is 99.6 Å². The number of nitrogens with one attached hydrogen (secondary N) is 1. The van der Waals surface area contributed by atoms with Crippen molar-refractivity contribution in [2.75, 3.05) is 13.2 Å². The number of hydrogen-bond acceptors (Lipinski definition) is 10. The number of hydrogen-bond donors (Lipinski definition) is 6. The Morgan fingerprint density at radius 2 is 0.948 bits per heavy atom. The SMILES string of the molecule is CC/C=C\C/C=C\C/C=C\C/C=C\C/C=C\CCCCCCCCCCC(O)C(=O)NC(COC1OC(CO)C(O)C(O)C1OC(=O)CCCCCCC/C=C\CCCC)C(O)/C=C/CCCCCCCCCCCCC. The van der Waals surface area contributed by atoms with Gasteiger partial charge in [0.1, 0.15) is 24.4 Å². The molecule has 1 saturated heterocycles. The van der Waals surface area contributed by atoms with Gasteiger partial charge in [0.2, 0.25) is 5.91 Å². The van der Waals surface area contributed by atoms with Gasteiger partial charge in [0.25, 0.3) is 0 Å². The van der Waals surface area contributed by atoms with E-state index < -0.39 is 67.4 Å². The molecule has 0 aromatic carbocycles. The predicted octanol–water partition coefficient (Wildman–Crippen LogP) is 14.9. The quantitative estimate of drug-likeness (QED) is 0.0195. The molecule has 444 valence electrons. The summed E-state index contributed by atoms with van der Waals surface area (Å²) < 4.78 is 17.6. The summed E-state index contributed by atoms with van der Waals surface area (Å²) in [6.07, 6.45) is 59.1. The Morgan fingerprint density at radius 3 is 1.45 bits per heavy atom. The van der Waals surface area contributed by atoms with E-state index in [0.29, 0.717) is 12.8 Å². The van der Waals surface area contributed by atoms with Gasteiger partial charge in [0.05, 0.1) is 25.4 Å². The van der Waals surface area contributed by atoms with E-state index >= 15 is 0 Å². The predicted molar refractivity (Wildman–Crippen MR) is 319 cm³/mol. The highest BCUT2D eigenvalue weighted by molar-refractivity contribution is 5.80. The number of amides is 1. The van der Waals surface area contributed by atoms with Crippen LogP contribution in [0.15, 0.2) is 85.1 Å². The van der Waals surface area contributed by atoms with Gasteiger partial charge in [-0.2, -0.15) is 0 Å². The van der Waals surface area contributed by atoms with Gasteiger partial charge >= 0.3 is 5.97 Å². The Balaban J connectivity index is 2.65. The van der Waals surface area contributed by atoms with Crippen molar-refractivity contribution in [2.24, 2.45) is 0 Å². The van der Waals surface area contributed by atoms with E-state index in [1.165, 1.54) is 96.3 Å². The molecule has 1 aliphatic heterocycles. The molecule has 1 aliphatic rings. The van der Waals surface area contributed by atoms with Gasteiger partial charge in [0.15, 0.2) is 12.4 Å². The van der Waals surface area contributed by atoms with Crippen LogP contribution in [0.4, 0.5) is 0 Å². The maximum atomic E-state index is 13.4. The Kier molecular flexibility index (Phi) is 49.9. The molecule has 0 bridgehead atoms. The monoisotopic (exact) mass is 1080 g/mol. The Hall–Kier alpha value is -3.16. The fourth-order valence-corrected chi connectivity index (χ4v) is 9.31. The van der Waals surface area contributed by atoms with Crippen LogP contribution in [0, 0.1) is 0 Å². The second kappa shape index (κ2) is 53.5. The van der Waals surface area contributed by atoms with Gasteiger partial charge in [-0.1, -0.05) is 247 Å². The summed E-state index contributed by atoms with van der Waals surface area (Å²) in [6, 6.07) is -1.03. The lowest BCUT2D eigenvalue weighted by atomic mass is 9.99. The molecule has 77 heavy (non-hydrogen) atoms. The van der Waals surface area contributed by atoms with Gasteiger partial charge < -0.3 is 45.1 Å². The lowest BCUT2D eigenvalue weighted by Gasteiger charge is -2.41. The third-order valence-corrected chi connectivity index (χ3v) is 14.3. The molecule has 11 heteroatoms. The average Bonchev–Trinajstić information content (AvgIpc) is 3.43. The van der Waals surface area contributed by atoms with Crippen molar-refractivity contribution in [1.29, 1.82) is 0 Å². The number of ether oxygens (including phenoxy) is 3. The van der Waals surface area contributed by atoms with Crippen LogP contribution in [0.5, 0.6) is 0 Å². The number of unbranched alkanes of at least 4 members (excludes halogenated alkanes) is 26. The molecule has 1 rings (SSSR count). The molecular formula is C66H115NO10. The first-order valence-electron chi connectivity index (χ1n) is 31.4. The Labute approximate surface area is 470 Å². The van der Waals surface area contributed by atoms with Crippen molar-refractivity contribution in [1.82, 2.24) is 5.32 Å². The number of allylic oxidation sites excluding steroid dienone is 13. The fourth-order valence-electron chi connectivity index (χ4n) is 9.31. The molecule has 0 radical (unpaired) electrons. The molecule has 1 heterocycles. The van der Waals surface area contributed by atoms with Crippen molar-refractivity contribution in [3.05, 3.63) is 85.1 Å². The molecule has 1 amide bonds. The lowest BCUT2D eigenvalue weighted by molar-refractivity contribution is -0.305. The smallest absolute Gasteiger partial charge is 0.306 e. The van der Waals surface area contributed by atoms with E-state index in [4.69, 9.17) is 14.2 Å². The van der Waals surface area contributed by atoms with Crippen LogP contribution < -0.4 is 5.32 Å². The topological polar surface area (TPSA) is 175 Å². The first-order chi connectivity index (χ1) is 37.7. The molecule has 8 unspecified atom stereocenters. The molecule has 11 nitrogen and oxygen atoms in total. The zero-order valence-electron chi connectivity index (χ0n) is 49.1. The summed E-state index contributed by atoms with van der Waals surface area (Å²) in [5.74, 6) is -1.21. The first-order valence-corrected chi connectivity index (χ1v) is 31.4. The number of aliphatic hydroxyl groups is 5. The molecule has 6 N–H and O–H groups in total. The fraction of sp³-hybridized carbons (Fsp3) is 0.758.